The molecular formula is C10H22N2O. The first-order valence-corrected chi connectivity index (χ1v) is 5.15. The van der Waals surface area contributed by atoms with Gasteiger partial charge in [-0.3, -0.25) is 4.90 Å². The summed E-state index contributed by atoms with van der Waals surface area (Å²) in [6.45, 7) is 2.76. The van der Waals surface area contributed by atoms with E-state index in [2.05, 4.69) is 11.9 Å². The third-order valence-electron chi connectivity index (χ3n) is 3.32. The van der Waals surface area contributed by atoms with Crippen LogP contribution >= 0.6 is 0 Å². The van der Waals surface area contributed by atoms with Gasteiger partial charge in [-0.25, -0.2) is 0 Å². The van der Waals surface area contributed by atoms with Gasteiger partial charge in [-0.05, 0) is 32.7 Å². The molecule has 0 amide bonds. The van der Waals surface area contributed by atoms with E-state index in [1.807, 2.05) is 0 Å². The Hall–Kier alpha value is -0.120. The van der Waals surface area contributed by atoms with Crippen LogP contribution in [0, 0.1) is 0 Å². The molecule has 0 aliphatic heterocycles. The normalized spacial score (nSPS) is 20.3. The van der Waals surface area contributed by atoms with Gasteiger partial charge in [0.15, 0.2) is 0 Å². The van der Waals surface area contributed by atoms with Crippen LogP contribution in [0.2, 0.25) is 0 Å². The molecule has 0 saturated heterocycles. The highest BCUT2D eigenvalue weighted by atomic mass is 16.5. The summed E-state index contributed by atoms with van der Waals surface area (Å²) in [5.41, 5.74) is 6.13. The topological polar surface area (TPSA) is 38.5 Å². The molecule has 2 N–H and O–H groups in total. The lowest BCUT2D eigenvalue weighted by atomic mass is 9.75. The molecule has 0 radical (unpaired) electrons. The number of hydrogen-bond acceptors (Lipinski definition) is 3. The molecule has 0 atom stereocenters. The average molecular weight is 186 g/mol. The Labute approximate surface area is 81.2 Å². The van der Waals surface area contributed by atoms with Gasteiger partial charge in [-0.1, -0.05) is 0 Å². The van der Waals surface area contributed by atoms with Crippen molar-refractivity contribution in [1.82, 2.24) is 4.90 Å². The van der Waals surface area contributed by atoms with Gasteiger partial charge in [0.25, 0.3) is 0 Å². The fourth-order valence-corrected chi connectivity index (χ4v) is 2.01. The van der Waals surface area contributed by atoms with E-state index in [9.17, 15) is 0 Å². The summed E-state index contributed by atoms with van der Waals surface area (Å²) in [5, 5.41) is 0. The SMILES string of the molecule is COCCCN(C)C1(CN)CCC1. The average Bonchev–Trinajstić information content (AvgIpc) is 2.04. The molecule has 0 aromatic heterocycles. The van der Waals surface area contributed by atoms with Gasteiger partial charge in [0.1, 0.15) is 0 Å². The van der Waals surface area contributed by atoms with E-state index in [0.717, 1.165) is 26.1 Å². The molecule has 0 unspecified atom stereocenters. The molecular weight excluding hydrogens is 164 g/mol. The van der Waals surface area contributed by atoms with Crippen molar-refractivity contribution in [2.24, 2.45) is 5.73 Å². The molecule has 1 rings (SSSR count). The summed E-state index contributed by atoms with van der Waals surface area (Å²) < 4.78 is 5.03. The van der Waals surface area contributed by atoms with Crippen LogP contribution in [0.5, 0.6) is 0 Å². The maximum absolute atomic E-state index is 5.80. The lowest BCUT2D eigenvalue weighted by Crippen LogP contribution is -2.57. The summed E-state index contributed by atoms with van der Waals surface area (Å²) in [4.78, 5) is 2.41. The first-order valence-electron chi connectivity index (χ1n) is 5.15. The Kier molecular flexibility index (Phi) is 4.16. The minimum absolute atomic E-state index is 0.327. The quantitative estimate of drug-likeness (QED) is 0.625. The second kappa shape index (κ2) is 4.94. The molecule has 0 aromatic carbocycles. The molecule has 1 aliphatic rings. The second-order valence-electron chi connectivity index (χ2n) is 4.05. The molecule has 0 heterocycles. The summed E-state index contributed by atoms with van der Waals surface area (Å²) >= 11 is 0. The van der Waals surface area contributed by atoms with Crippen molar-refractivity contribution >= 4 is 0 Å². The van der Waals surface area contributed by atoms with Crippen molar-refractivity contribution in [2.75, 3.05) is 33.9 Å². The van der Waals surface area contributed by atoms with Crippen molar-refractivity contribution in [3.05, 3.63) is 0 Å². The monoisotopic (exact) mass is 186 g/mol. The Morgan fingerprint density at radius 2 is 2.15 bits per heavy atom. The van der Waals surface area contributed by atoms with Crippen LogP contribution in [-0.4, -0.2) is 44.3 Å². The van der Waals surface area contributed by atoms with Gasteiger partial charge in [-0.15, -0.1) is 0 Å². The molecule has 3 nitrogen and oxygen atoms in total. The first-order chi connectivity index (χ1) is 6.25. The summed E-state index contributed by atoms with van der Waals surface area (Å²) in [5.74, 6) is 0. The number of methoxy groups -OCH3 is 1. The van der Waals surface area contributed by atoms with E-state index in [0.29, 0.717) is 5.54 Å². The number of rotatable bonds is 6. The molecule has 1 aliphatic carbocycles. The van der Waals surface area contributed by atoms with Crippen molar-refractivity contribution in [3.63, 3.8) is 0 Å². The molecule has 1 saturated carbocycles. The van der Waals surface area contributed by atoms with Crippen LogP contribution in [0.3, 0.4) is 0 Å². The van der Waals surface area contributed by atoms with Crippen LogP contribution in [0.15, 0.2) is 0 Å². The standard InChI is InChI=1S/C10H22N2O/c1-12(7-4-8-13-2)10(9-11)5-3-6-10/h3-9,11H2,1-2H3. The van der Waals surface area contributed by atoms with Crippen LogP contribution in [-0.2, 0) is 4.74 Å². The van der Waals surface area contributed by atoms with Gasteiger partial charge in [0.05, 0.1) is 0 Å². The Balaban J connectivity index is 2.24. The largest absolute Gasteiger partial charge is 0.385 e. The van der Waals surface area contributed by atoms with Gasteiger partial charge in [0, 0.05) is 32.3 Å². The number of nitrogens with zero attached hydrogens (tertiary/aromatic N) is 1. The second-order valence-corrected chi connectivity index (χ2v) is 4.05. The zero-order chi connectivity index (χ0) is 9.73. The van der Waals surface area contributed by atoms with E-state index < -0.39 is 0 Å². The number of nitrogens with two attached hydrogens (primary N) is 1. The van der Waals surface area contributed by atoms with Crippen LogP contribution < -0.4 is 5.73 Å². The Morgan fingerprint density at radius 3 is 2.54 bits per heavy atom. The number of likely N-dealkylation sites (N-methyl/N-ethyl adjacent to an activating group) is 1. The van der Waals surface area contributed by atoms with Gasteiger partial charge >= 0.3 is 0 Å². The highest BCUT2D eigenvalue weighted by Gasteiger charge is 2.38. The van der Waals surface area contributed by atoms with Crippen molar-refractivity contribution in [1.29, 1.82) is 0 Å². The fourth-order valence-electron chi connectivity index (χ4n) is 2.01. The van der Waals surface area contributed by atoms with E-state index in [1.165, 1.54) is 19.3 Å². The van der Waals surface area contributed by atoms with Crippen LogP contribution in [0.1, 0.15) is 25.7 Å². The van der Waals surface area contributed by atoms with Crippen molar-refractivity contribution in [3.8, 4) is 0 Å². The van der Waals surface area contributed by atoms with E-state index >= 15 is 0 Å². The first kappa shape index (κ1) is 11.0. The van der Waals surface area contributed by atoms with Crippen molar-refractivity contribution < 1.29 is 4.74 Å². The van der Waals surface area contributed by atoms with Crippen molar-refractivity contribution in [2.45, 2.75) is 31.2 Å². The lowest BCUT2D eigenvalue weighted by molar-refractivity contribution is 0.0393. The lowest BCUT2D eigenvalue weighted by Gasteiger charge is -2.48. The summed E-state index contributed by atoms with van der Waals surface area (Å²) in [6, 6.07) is 0. The molecule has 13 heavy (non-hydrogen) atoms. The zero-order valence-electron chi connectivity index (χ0n) is 8.88. The third-order valence-corrected chi connectivity index (χ3v) is 3.32. The highest BCUT2D eigenvalue weighted by molar-refractivity contribution is 4.97. The molecule has 78 valence electrons. The Bertz CT molecular complexity index is 140. The minimum Gasteiger partial charge on any atom is -0.385 e. The van der Waals surface area contributed by atoms with E-state index in [-0.39, 0.29) is 0 Å². The van der Waals surface area contributed by atoms with Gasteiger partial charge in [0.2, 0.25) is 0 Å². The number of ether oxygens (including phenoxy) is 1. The van der Waals surface area contributed by atoms with Gasteiger partial charge < -0.3 is 10.5 Å². The molecule has 0 bridgehead atoms. The smallest absolute Gasteiger partial charge is 0.0474 e. The maximum Gasteiger partial charge on any atom is 0.0474 e. The molecule has 0 spiro atoms. The van der Waals surface area contributed by atoms with E-state index in [1.54, 1.807) is 7.11 Å². The van der Waals surface area contributed by atoms with E-state index in [4.69, 9.17) is 10.5 Å². The Morgan fingerprint density at radius 1 is 1.46 bits per heavy atom. The highest BCUT2D eigenvalue weighted by Crippen LogP contribution is 2.35. The molecule has 3 heteroatoms. The fraction of sp³-hybridized carbons (Fsp3) is 1.00. The minimum atomic E-state index is 0.327. The molecule has 1 fully saturated rings. The summed E-state index contributed by atoms with van der Waals surface area (Å²) in [7, 11) is 3.93. The zero-order valence-corrected chi connectivity index (χ0v) is 8.88. The predicted octanol–water partition coefficient (Wildman–Crippen LogP) is 0.836. The maximum atomic E-state index is 5.80. The third kappa shape index (κ3) is 2.42. The van der Waals surface area contributed by atoms with Crippen LogP contribution in [0.4, 0.5) is 0 Å². The predicted molar refractivity (Wildman–Crippen MR) is 54.8 cm³/mol. The van der Waals surface area contributed by atoms with Crippen LogP contribution in [0.25, 0.3) is 0 Å². The summed E-state index contributed by atoms with van der Waals surface area (Å²) in [6.07, 6.45) is 4.99. The molecule has 0 aromatic rings. The number of hydrogen-bond donors (Lipinski definition) is 1. The van der Waals surface area contributed by atoms with Gasteiger partial charge in [-0.2, -0.15) is 0 Å².